The van der Waals surface area contributed by atoms with Gasteiger partial charge < -0.3 is 5.11 Å². The van der Waals surface area contributed by atoms with Gasteiger partial charge in [0.25, 0.3) is 11.8 Å². The number of imide groups is 1. The molecule has 0 saturated heterocycles. The minimum atomic E-state index is -1.11. The number of aromatic carboxylic acids is 1. The van der Waals surface area contributed by atoms with Crippen LogP contribution in [0.3, 0.4) is 0 Å². The highest BCUT2D eigenvalue weighted by atomic mass is 16.4. The predicted molar refractivity (Wildman–Crippen MR) is 88.1 cm³/mol. The van der Waals surface area contributed by atoms with Gasteiger partial charge in [-0.2, -0.15) is 5.10 Å². The van der Waals surface area contributed by atoms with E-state index in [0.29, 0.717) is 22.5 Å². The lowest BCUT2D eigenvalue weighted by Gasteiger charge is -2.14. The monoisotopic (exact) mass is 333 g/mol. The summed E-state index contributed by atoms with van der Waals surface area (Å²) in [4.78, 5) is 36.9. The van der Waals surface area contributed by atoms with Gasteiger partial charge in [-0.05, 0) is 42.5 Å². The van der Waals surface area contributed by atoms with Gasteiger partial charge in [0.2, 0.25) is 0 Å². The number of aromatic nitrogens is 2. The highest BCUT2D eigenvalue weighted by Gasteiger charge is 2.36. The van der Waals surface area contributed by atoms with Gasteiger partial charge >= 0.3 is 5.97 Å². The molecule has 0 saturated carbocycles. The molecule has 1 aromatic heterocycles. The third kappa shape index (κ3) is 2.29. The summed E-state index contributed by atoms with van der Waals surface area (Å²) in [7, 11) is 0. The third-order valence-corrected chi connectivity index (χ3v) is 3.97. The standard InChI is InChI=1S/C18H11N3O4/c22-16-13-3-1-2-4-14(13)17(23)21(16)12-7-5-11(6-8-12)20-10-9-15(19-20)18(24)25/h1-10H,(H,24,25). The van der Waals surface area contributed by atoms with E-state index < -0.39 is 5.97 Å². The first-order chi connectivity index (χ1) is 12.1. The van der Waals surface area contributed by atoms with E-state index in [-0.39, 0.29) is 17.5 Å². The van der Waals surface area contributed by atoms with Gasteiger partial charge in [-0.3, -0.25) is 9.59 Å². The molecule has 0 fully saturated rings. The van der Waals surface area contributed by atoms with Crippen molar-refractivity contribution in [3.63, 3.8) is 0 Å². The van der Waals surface area contributed by atoms with Crippen LogP contribution in [-0.4, -0.2) is 32.7 Å². The zero-order valence-electron chi connectivity index (χ0n) is 12.8. The molecule has 0 atom stereocenters. The number of amides is 2. The van der Waals surface area contributed by atoms with Crippen molar-refractivity contribution in [2.75, 3.05) is 4.90 Å². The van der Waals surface area contributed by atoms with Gasteiger partial charge in [0.1, 0.15) is 0 Å². The number of fused-ring (bicyclic) bond motifs is 1. The Balaban J connectivity index is 1.66. The maximum absolute atomic E-state index is 12.5. The molecule has 2 heterocycles. The van der Waals surface area contributed by atoms with Gasteiger partial charge in [-0.1, -0.05) is 12.1 Å². The Labute approximate surface area is 141 Å². The number of hydrogen-bond acceptors (Lipinski definition) is 4. The van der Waals surface area contributed by atoms with Crippen LogP contribution in [-0.2, 0) is 0 Å². The van der Waals surface area contributed by atoms with E-state index in [1.54, 1.807) is 48.5 Å². The van der Waals surface area contributed by atoms with Crippen LogP contribution in [0.4, 0.5) is 5.69 Å². The quantitative estimate of drug-likeness (QED) is 0.743. The summed E-state index contributed by atoms with van der Waals surface area (Å²) in [5.74, 6) is -1.83. The van der Waals surface area contributed by atoms with E-state index in [4.69, 9.17) is 5.11 Å². The lowest BCUT2D eigenvalue weighted by molar-refractivity contribution is 0.0689. The molecule has 0 aliphatic carbocycles. The number of carboxylic acid groups (broad SMARTS) is 1. The topological polar surface area (TPSA) is 92.5 Å². The highest BCUT2D eigenvalue weighted by Crippen LogP contribution is 2.28. The van der Waals surface area contributed by atoms with Crippen LogP contribution in [0.5, 0.6) is 0 Å². The summed E-state index contributed by atoms with van der Waals surface area (Å²) < 4.78 is 1.41. The zero-order valence-corrected chi connectivity index (χ0v) is 12.8. The molecule has 1 aliphatic rings. The molecule has 0 unspecified atom stereocenters. The number of benzene rings is 2. The number of carbonyl (C=O) groups excluding carboxylic acids is 2. The molecule has 0 spiro atoms. The summed E-state index contributed by atoms with van der Waals surface area (Å²) in [6.45, 7) is 0. The van der Waals surface area contributed by atoms with Gasteiger partial charge in [0.15, 0.2) is 5.69 Å². The van der Waals surface area contributed by atoms with E-state index in [1.807, 2.05) is 0 Å². The fourth-order valence-corrected chi connectivity index (χ4v) is 2.76. The SMILES string of the molecule is O=C(O)c1ccn(-c2ccc(N3C(=O)c4ccccc4C3=O)cc2)n1. The second kappa shape index (κ2) is 5.41. The molecule has 4 rings (SSSR count). The predicted octanol–water partition coefficient (Wildman–Crippen LogP) is 2.37. The molecule has 2 aromatic carbocycles. The molecule has 7 heteroatoms. The van der Waals surface area contributed by atoms with Crippen LogP contribution < -0.4 is 4.90 Å². The summed E-state index contributed by atoms with van der Waals surface area (Å²) in [6, 6.07) is 14.7. The van der Waals surface area contributed by atoms with Crippen molar-refractivity contribution in [1.82, 2.24) is 9.78 Å². The molecule has 1 aliphatic heterocycles. The van der Waals surface area contributed by atoms with Crippen LogP contribution in [0.1, 0.15) is 31.2 Å². The fraction of sp³-hybridized carbons (Fsp3) is 0. The third-order valence-electron chi connectivity index (χ3n) is 3.97. The van der Waals surface area contributed by atoms with Gasteiger partial charge in [-0.15, -0.1) is 0 Å². The normalized spacial score (nSPS) is 13.2. The van der Waals surface area contributed by atoms with Gasteiger partial charge in [-0.25, -0.2) is 14.4 Å². The minimum absolute atomic E-state index is 0.0653. The first-order valence-electron chi connectivity index (χ1n) is 7.43. The summed E-state index contributed by atoms with van der Waals surface area (Å²) in [6.07, 6.45) is 1.53. The van der Waals surface area contributed by atoms with Gasteiger partial charge in [0, 0.05) is 6.20 Å². The van der Waals surface area contributed by atoms with E-state index >= 15 is 0 Å². The highest BCUT2D eigenvalue weighted by molar-refractivity contribution is 6.34. The Bertz CT molecular complexity index is 986. The number of hydrogen-bond donors (Lipinski definition) is 1. The molecule has 122 valence electrons. The average molecular weight is 333 g/mol. The van der Waals surface area contributed by atoms with Crippen molar-refractivity contribution in [3.8, 4) is 5.69 Å². The van der Waals surface area contributed by atoms with Crippen molar-refractivity contribution in [3.05, 3.63) is 77.6 Å². The molecule has 3 aromatic rings. The molecule has 7 nitrogen and oxygen atoms in total. The van der Waals surface area contributed by atoms with Crippen molar-refractivity contribution in [1.29, 1.82) is 0 Å². The first kappa shape index (κ1) is 14.8. The number of rotatable bonds is 3. The lowest BCUT2D eigenvalue weighted by Crippen LogP contribution is -2.29. The minimum Gasteiger partial charge on any atom is -0.476 e. The number of nitrogens with zero attached hydrogens (tertiary/aromatic N) is 3. The largest absolute Gasteiger partial charge is 0.476 e. The number of carbonyl (C=O) groups is 3. The molecule has 0 bridgehead atoms. The Kier molecular flexibility index (Phi) is 3.21. The molecule has 2 amide bonds. The molecule has 1 N–H and O–H groups in total. The molecular formula is C18H11N3O4. The molecule has 0 radical (unpaired) electrons. The number of anilines is 1. The van der Waals surface area contributed by atoms with E-state index in [0.717, 1.165) is 4.90 Å². The van der Waals surface area contributed by atoms with Crippen LogP contribution in [0.2, 0.25) is 0 Å². The Hall–Kier alpha value is -3.74. The van der Waals surface area contributed by atoms with Crippen LogP contribution in [0.15, 0.2) is 60.8 Å². The Morgan fingerprint density at radius 2 is 1.40 bits per heavy atom. The fourth-order valence-electron chi connectivity index (χ4n) is 2.76. The number of carboxylic acids is 1. The van der Waals surface area contributed by atoms with Crippen molar-refractivity contribution in [2.45, 2.75) is 0 Å². The second-order valence-corrected chi connectivity index (χ2v) is 5.46. The first-order valence-corrected chi connectivity index (χ1v) is 7.43. The maximum Gasteiger partial charge on any atom is 0.356 e. The molecule has 25 heavy (non-hydrogen) atoms. The van der Waals surface area contributed by atoms with Crippen LogP contribution >= 0.6 is 0 Å². The zero-order chi connectivity index (χ0) is 17.6. The van der Waals surface area contributed by atoms with E-state index in [9.17, 15) is 14.4 Å². The Morgan fingerprint density at radius 1 is 0.840 bits per heavy atom. The summed E-state index contributed by atoms with van der Waals surface area (Å²) >= 11 is 0. The maximum atomic E-state index is 12.5. The Morgan fingerprint density at radius 3 is 1.92 bits per heavy atom. The van der Waals surface area contributed by atoms with E-state index in [1.165, 1.54) is 16.9 Å². The van der Waals surface area contributed by atoms with Crippen molar-refractivity contribution < 1.29 is 19.5 Å². The van der Waals surface area contributed by atoms with Crippen molar-refractivity contribution in [2.24, 2.45) is 0 Å². The van der Waals surface area contributed by atoms with Crippen LogP contribution in [0.25, 0.3) is 5.69 Å². The van der Waals surface area contributed by atoms with Crippen molar-refractivity contribution >= 4 is 23.5 Å². The average Bonchev–Trinajstić information content (AvgIpc) is 3.21. The van der Waals surface area contributed by atoms with Gasteiger partial charge in [0.05, 0.1) is 22.5 Å². The second-order valence-electron chi connectivity index (χ2n) is 5.46. The summed E-state index contributed by atoms with van der Waals surface area (Å²) in [5.41, 5.74) is 1.77. The summed E-state index contributed by atoms with van der Waals surface area (Å²) in [5, 5.41) is 12.9. The molecular weight excluding hydrogens is 322 g/mol. The van der Waals surface area contributed by atoms with E-state index in [2.05, 4.69) is 5.10 Å². The lowest BCUT2D eigenvalue weighted by atomic mass is 10.1. The van der Waals surface area contributed by atoms with Crippen LogP contribution in [0, 0.1) is 0 Å². The smallest absolute Gasteiger partial charge is 0.356 e.